The monoisotopic (exact) mass is 263 g/mol. The second-order valence-corrected chi connectivity index (χ2v) is 5.63. The number of nitrogens with one attached hydrogen (secondary N) is 1. The van der Waals surface area contributed by atoms with Gasteiger partial charge >= 0.3 is 0 Å². The summed E-state index contributed by atoms with van der Waals surface area (Å²) in [4.78, 5) is 0. The standard InChI is InChI=1S/C16H22FNO/c17-15-7-3-6-14-13(15)8-9-16(14)18-10-11-19-12-4-1-2-5-12/h3,6-7,12,16,18H,1-2,4-5,8-11H2. The zero-order valence-corrected chi connectivity index (χ0v) is 11.3. The van der Waals surface area contributed by atoms with Crippen LogP contribution in [0, 0.1) is 5.82 Å². The third kappa shape index (κ3) is 2.98. The Balaban J connectivity index is 1.46. The molecule has 1 N–H and O–H groups in total. The van der Waals surface area contributed by atoms with Crippen LogP contribution in [0.3, 0.4) is 0 Å². The average molecular weight is 263 g/mol. The smallest absolute Gasteiger partial charge is 0.126 e. The Morgan fingerprint density at radius 2 is 2.05 bits per heavy atom. The average Bonchev–Trinajstić information content (AvgIpc) is 3.05. The van der Waals surface area contributed by atoms with E-state index in [0.717, 1.165) is 37.1 Å². The molecule has 2 nitrogen and oxygen atoms in total. The quantitative estimate of drug-likeness (QED) is 0.822. The van der Waals surface area contributed by atoms with Gasteiger partial charge in [-0.2, -0.15) is 0 Å². The SMILES string of the molecule is Fc1cccc2c1CCC2NCCOC1CCCC1. The second kappa shape index (κ2) is 6.02. The summed E-state index contributed by atoms with van der Waals surface area (Å²) in [5.74, 6) is -0.0518. The molecule has 1 saturated carbocycles. The topological polar surface area (TPSA) is 21.3 Å². The van der Waals surface area contributed by atoms with Crippen molar-refractivity contribution in [2.24, 2.45) is 0 Å². The maximum atomic E-state index is 13.6. The fourth-order valence-corrected chi connectivity index (χ4v) is 3.34. The summed E-state index contributed by atoms with van der Waals surface area (Å²) < 4.78 is 19.4. The molecule has 0 aromatic heterocycles. The van der Waals surface area contributed by atoms with Crippen molar-refractivity contribution in [2.45, 2.75) is 50.7 Å². The van der Waals surface area contributed by atoms with Crippen LogP contribution in [0.2, 0.25) is 0 Å². The van der Waals surface area contributed by atoms with Crippen LogP contribution >= 0.6 is 0 Å². The molecule has 1 fully saturated rings. The van der Waals surface area contributed by atoms with E-state index in [1.54, 1.807) is 6.07 Å². The van der Waals surface area contributed by atoms with Crippen LogP contribution in [-0.2, 0) is 11.2 Å². The number of hydrogen-bond donors (Lipinski definition) is 1. The van der Waals surface area contributed by atoms with Crippen LogP contribution < -0.4 is 5.32 Å². The van der Waals surface area contributed by atoms with Gasteiger partial charge in [0.15, 0.2) is 0 Å². The van der Waals surface area contributed by atoms with Gasteiger partial charge in [-0.25, -0.2) is 4.39 Å². The van der Waals surface area contributed by atoms with Gasteiger partial charge in [0, 0.05) is 12.6 Å². The van der Waals surface area contributed by atoms with Crippen LogP contribution in [0.1, 0.15) is 49.3 Å². The lowest BCUT2D eigenvalue weighted by atomic mass is 10.1. The molecule has 0 heterocycles. The van der Waals surface area contributed by atoms with Gasteiger partial charge in [-0.05, 0) is 42.9 Å². The molecule has 0 amide bonds. The fraction of sp³-hybridized carbons (Fsp3) is 0.625. The molecule has 1 unspecified atom stereocenters. The molecule has 0 radical (unpaired) electrons. The van der Waals surface area contributed by atoms with E-state index in [1.165, 1.54) is 25.7 Å². The molecule has 0 saturated heterocycles. The largest absolute Gasteiger partial charge is 0.377 e. The minimum absolute atomic E-state index is 0.0518. The summed E-state index contributed by atoms with van der Waals surface area (Å²) in [6.45, 7) is 1.63. The van der Waals surface area contributed by atoms with Crippen LogP contribution in [0.4, 0.5) is 4.39 Å². The van der Waals surface area contributed by atoms with Crippen molar-refractivity contribution in [1.29, 1.82) is 0 Å². The number of hydrogen-bond acceptors (Lipinski definition) is 2. The molecule has 104 valence electrons. The van der Waals surface area contributed by atoms with Crippen LogP contribution in [0.25, 0.3) is 0 Å². The van der Waals surface area contributed by atoms with Crippen LogP contribution in [0.15, 0.2) is 18.2 Å². The molecule has 3 rings (SSSR count). The number of benzene rings is 1. The van der Waals surface area contributed by atoms with Crippen molar-refractivity contribution in [3.8, 4) is 0 Å². The van der Waals surface area contributed by atoms with Gasteiger partial charge in [0.1, 0.15) is 5.82 Å². The van der Waals surface area contributed by atoms with Gasteiger partial charge in [-0.1, -0.05) is 25.0 Å². The molecule has 19 heavy (non-hydrogen) atoms. The van der Waals surface area contributed by atoms with E-state index in [-0.39, 0.29) is 5.82 Å². The van der Waals surface area contributed by atoms with Crippen LogP contribution in [0.5, 0.6) is 0 Å². The first-order valence-corrected chi connectivity index (χ1v) is 7.47. The molecule has 3 heteroatoms. The van der Waals surface area contributed by atoms with Crippen molar-refractivity contribution >= 4 is 0 Å². The van der Waals surface area contributed by atoms with Crippen molar-refractivity contribution in [3.05, 3.63) is 35.1 Å². The van der Waals surface area contributed by atoms with Gasteiger partial charge in [0.25, 0.3) is 0 Å². The Kier molecular flexibility index (Phi) is 4.14. The molecule has 1 aromatic rings. The fourth-order valence-electron chi connectivity index (χ4n) is 3.34. The van der Waals surface area contributed by atoms with E-state index >= 15 is 0 Å². The predicted molar refractivity (Wildman–Crippen MR) is 73.7 cm³/mol. The summed E-state index contributed by atoms with van der Waals surface area (Å²) in [7, 11) is 0. The lowest BCUT2D eigenvalue weighted by Crippen LogP contribution is -2.25. The lowest BCUT2D eigenvalue weighted by Gasteiger charge is -2.16. The van der Waals surface area contributed by atoms with Gasteiger partial charge < -0.3 is 10.1 Å². The van der Waals surface area contributed by atoms with E-state index < -0.39 is 0 Å². The zero-order valence-electron chi connectivity index (χ0n) is 11.3. The highest BCUT2D eigenvalue weighted by atomic mass is 19.1. The van der Waals surface area contributed by atoms with Crippen LogP contribution in [-0.4, -0.2) is 19.3 Å². The Morgan fingerprint density at radius 3 is 2.89 bits per heavy atom. The van der Waals surface area contributed by atoms with Gasteiger partial charge in [-0.3, -0.25) is 0 Å². The first kappa shape index (κ1) is 13.1. The Morgan fingerprint density at radius 1 is 1.21 bits per heavy atom. The highest BCUT2D eigenvalue weighted by molar-refractivity contribution is 5.35. The third-order valence-corrected chi connectivity index (χ3v) is 4.36. The second-order valence-electron chi connectivity index (χ2n) is 5.63. The number of fused-ring (bicyclic) bond motifs is 1. The van der Waals surface area contributed by atoms with Gasteiger partial charge in [0.2, 0.25) is 0 Å². The van der Waals surface area contributed by atoms with Gasteiger partial charge in [0.05, 0.1) is 12.7 Å². The molecule has 2 aliphatic carbocycles. The molecule has 0 bridgehead atoms. The summed E-state index contributed by atoms with van der Waals surface area (Å²) >= 11 is 0. The highest BCUT2D eigenvalue weighted by Crippen LogP contribution is 2.32. The van der Waals surface area contributed by atoms with Crippen molar-refractivity contribution in [1.82, 2.24) is 5.32 Å². The summed E-state index contributed by atoms with van der Waals surface area (Å²) in [5, 5.41) is 3.50. The van der Waals surface area contributed by atoms with E-state index in [1.807, 2.05) is 12.1 Å². The van der Waals surface area contributed by atoms with E-state index in [4.69, 9.17) is 4.74 Å². The van der Waals surface area contributed by atoms with E-state index in [9.17, 15) is 4.39 Å². The zero-order chi connectivity index (χ0) is 13.1. The van der Waals surface area contributed by atoms with E-state index in [2.05, 4.69) is 5.32 Å². The first-order valence-electron chi connectivity index (χ1n) is 7.47. The predicted octanol–water partition coefficient (Wildman–Crippen LogP) is 3.36. The summed E-state index contributed by atoms with van der Waals surface area (Å²) in [5.41, 5.74) is 2.04. The molecule has 0 aliphatic heterocycles. The molecule has 1 atom stereocenters. The Hall–Kier alpha value is -0.930. The minimum Gasteiger partial charge on any atom is -0.377 e. The number of rotatable bonds is 5. The number of ether oxygens (including phenoxy) is 1. The Labute approximate surface area is 114 Å². The number of halogens is 1. The first-order chi connectivity index (χ1) is 9.34. The van der Waals surface area contributed by atoms with Crippen molar-refractivity contribution in [3.63, 3.8) is 0 Å². The minimum atomic E-state index is -0.0518. The molecule has 0 spiro atoms. The Bertz CT molecular complexity index is 429. The maximum absolute atomic E-state index is 13.6. The van der Waals surface area contributed by atoms with Gasteiger partial charge in [-0.15, -0.1) is 0 Å². The van der Waals surface area contributed by atoms with Crippen molar-refractivity contribution < 1.29 is 9.13 Å². The van der Waals surface area contributed by atoms with E-state index in [0.29, 0.717) is 12.1 Å². The summed E-state index contributed by atoms with van der Waals surface area (Å²) in [6.07, 6.45) is 7.40. The van der Waals surface area contributed by atoms with Crippen molar-refractivity contribution in [2.75, 3.05) is 13.2 Å². The maximum Gasteiger partial charge on any atom is 0.126 e. The molecule has 2 aliphatic rings. The molecular formula is C16H22FNO. The third-order valence-electron chi connectivity index (χ3n) is 4.36. The normalized spacial score (nSPS) is 22.9. The highest BCUT2D eigenvalue weighted by Gasteiger charge is 2.24. The lowest BCUT2D eigenvalue weighted by molar-refractivity contribution is 0.0591. The molecular weight excluding hydrogens is 241 g/mol. The summed E-state index contributed by atoms with van der Waals surface area (Å²) in [6, 6.07) is 5.71. The molecule has 1 aromatic carbocycles.